The number of hydrogen-bond donors (Lipinski definition) is 1. The van der Waals surface area contributed by atoms with Gasteiger partial charge in [0.05, 0.1) is 5.60 Å². The molecule has 0 aromatic carbocycles. The fraction of sp³-hybridized carbons (Fsp3) is 0.700. The largest absolute Gasteiger partial charge is 0.390 e. The predicted octanol–water partition coefficient (Wildman–Crippen LogP) is 3.22. The lowest BCUT2D eigenvalue weighted by Crippen LogP contribution is -2.55. The molecule has 0 heterocycles. The Morgan fingerprint density at radius 1 is 1.09 bits per heavy atom. The number of Topliss-reactive ketones (excluding diaryl/α,β-unsaturated/α-hetero) is 1. The van der Waals surface area contributed by atoms with E-state index in [2.05, 4.69) is 13.8 Å². The second-order valence-corrected chi connectivity index (χ2v) is 8.85. The van der Waals surface area contributed by atoms with E-state index < -0.39 is 5.60 Å². The molecule has 0 bridgehead atoms. The van der Waals surface area contributed by atoms with E-state index in [1.54, 1.807) is 12.2 Å². The van der Waals surface area contributed by atoms with Gasteiger partial charge in [0.2, 0.25) is 0 Å². The highest BCUT2D eigenvalue weighted by Crippen LogP contribution is 2.66. The van der Waals surface area contributed by atoms with Crippen LogP contribution in [-0.4, -0.2) is 22.3 Å². The van der Waals surface area contributed by atoms with Crippen molar-refractivity contribution in [3.05, 3.63) is 23.8 Å². The average molecular weight is 314 g/mol. The van der Waals surface area contributed by atoms with Crippen molar-refractivity contribution in [2.75, 3.05) is 0 Å². The van der Waals surface area contributed by atoms with Crippen LogP contribution < -0.4 is 0 Å². The molecule has 4 rings (SSSR count). The maximum Gasteiger partial charge on any atom is 0.178 e. The number of rotatable bonds is 0. The van der Waals surface area contributed by atoms with E-state index >= 15 is 0 Å². The Kier molecular flexibility index (Phi) is 2.96. The van der Waals surface area contributed by atoms with E-state index in [-0.39, 0.29) is 22.4 Å². The van der Waals surface area contributed by atoms with E-state index in [0.717, 1.165) is 31.3 Å². The normalized spacial score (nSPS) is 51.8. The van der Waals surface area contributed by atoms with Crippen molar-refractivity contribution in [1.29, 1.82) is 0 Å². The van der Waals surface area contributed by atoms with Crippen LogP contribution in [0.15, 0.2) is 23.8 Å². The molecule has 4 aliphatic rings. The molecule has 3 nitrogen and oxygen atoms in total. The Labute approximate surface area is 137 Å². The zero-order valence-corrected chi connectivity index (χ0v) is 14.3. The van der Waals surface area contributed by atoms with Crippen LogP contribution in [0.3, 0.4) is 0 Å². The minimum Gasteiger partial charge on any atom is -0.390 e. The summed E-state index contributed by atoms with van der Waals surface area (Å²) in [5.41, 5.74) is -0.287. The summed E-state index contributed by atoms with van der Waals surface area (Å²) in [5, 5.41) is 10.9. The van der Waals surface area contributed by atoms with Gasteiger partial charge in [-0.25, -0.2) is 0 Å². The molecule has 0 unspecified atom stereocenters. The molecule has 4 aliphatic carbocycles. The molecule has 0 spiro atoms. The van der Waals surface area contributed by atoms with Gasteiger partial charge in [-0.3, -0.25) is 9.59 Å². The van der Waals surface area contributed by atoms with Crippen molar-refractivity contribution in [3.63, 3.8) is 0 Å². The number of ketones is 2. The number of carbonyl (C=O) groups is 2. The van der Waals surface area contributed by atoms with Crippen LogP contribution in [0.4, 0.5) is 0 Å². The topological polar surface area (TPSA) is 54.4 Å². The van der Waals surface area contributed by atoms with E-state index in [0.29, 0.717) is 24.2 Å². The fourth-order valence-electron chi connectivity index (χ4n) is 6.28. The van der Waals surface area contributed by atoms with E-state index in [1.165, 1.54) is 0 Å². The van der Waals surface area contributed by atoms with E-state index in [4.69, 9.17) is 0 Å². The molecule has 1 N–H and O–H groups in total. The smallest absolute Gasteiger partial charge is 0.178 e. The summed E-state index contributed by atoms with van der Waals surface area (Å²) in [7, 11) is 0. The number of aliphatic hydroxyl groups is 1. The quantitative estimate of drug-likeness (QED) is 0.747. The molecule has 0 amide bonds. The first-order valence-electron chi connectivity index (χ1n) is 8.90. The zero-order valence-electron chi connectivity index (χ0n) is 14.3. The molecule has 3 heteroatoms. The van der Waals surface area contributed by atoms with Crippen molar-refractivity contribution in [2.24, 2.45) is 28.6 Å². The van der Waals surface area contributed by atoms with Gasteiger partial charge in [0.25, 0.3) is 0 Å². The number of allylic oxidation sites excluding steroid dienone is 4. The van der Waals surface area contributed by atoms with E-state index in [9.17, 15) is 14.7 Å². The molecule has 6 atom stereocenters. The second-order valence-electron chi connectivity index (χ2n) is 8.85. The first-order chi connectivity index (χ1) is 10.7. The first-order valence-corrected chi connectivity index (χ1v) is 8.90. The third kappa shape index (κ3) is 1.80. The number of carbonyl (C=O) groups excluding carboxylic acids is 2. The van der Waals surface area contributed by atoms with Crippen LogP contribution in [0, 0.1) is 28.6 Å². The van der Waals surface area contributed by atoms with Gasteiger partial charge in [-0.1, -0.05) is 19.9 Å². The minimum absolute atomic E-state index is 0.0614. The maximum absolute atomic E-state index is 12.8. The molecular formula is C20H26O3. The molecule has 0 radical (unpaired) electrons. The Bertz CT molecular complexity index is 656. The van der Waals surface area contributed by atoms with Crippen molar-refractivity contribution < 1.29 is 14.7 Å². The molecule has 23 heavy (non-hydrogen) atoms. The van der Waals surface area contributed by atoms with Gasteiger partial charge in [-0.2, -0.15) is 0 Å². The lowest BCUT2D eigenvalue weighted by atomic mass is 9.47. The molecule has 0 saturated heterocycles. The zero-order chi connectivity index (χ0) is 16.6. The molecule has 3 fully saturated rings. The Hall–Kier alpha value is -1.22. The summed E-state index contributed by atoms with van der Waals surface area (Å²) in [6.45, 7) is 6.33. The van der Waals surface area contributed by atoms with Crippen LogP contribution >= 0.6 is 0 Å². The molecule has 3 saturated carbocycles. The van der Waals surface area contributed by atoms with Crippen molar-refractivity contribution >= 4 is 11.6 Å². The van der Waals surface area contributed by atoms with Crippen LogP contribution in [0.2, 0.25) is 0 Å². The van der Waals surface area contributed by atoms with Gasteiger partial charge in [-0.15, -0.1) is 0 Å². The van der Waals surface area contributed by atoms with E-state index in [1.807, 2.05) is 13.0 Å². The maximum atomic E-state index is 12.8. The standard InChI is InChI=1S/C20H26O3/c1-18-7-4-12(21)10-16(18)17(22)11-13-14(18)5-8-19(2)15(13)6-9-20(19,3)23/h4,7,10,13-15,23H,5-6,8-9,11H2,1-3H3/t13-,14+,15+,18-,19+,20+/m1/s1. The van der Waals surface area contributed by atoms with Gasteiger partial charge in [0, 0.05) is 17.4 Å². The minimum atomic E-state index is -0.624. The van der Waals surface area contributed by atoms with Gasteiger partial charge in [0.15, 0.2) is 11.6 Å². The van der Waals surface area contributed by atoms with Crippen LogP contribution in [-0.2, 0) is 9.59 Å². The summed E-state index contributed by atoms with van der Waals surface area (Å²) in [4.78, 5) is 24.5. The van der Waals surface area contributed by atoms with Gasteiger partial charge in [-0.05, 0) is 67.9 Å². The third-order valence-corrected chi connectivity index (χ3v) is 7.95. The summed E-state index contributed by atoms with van der Waals surface area (Å²) < 4.78 is 0. The highest BCUT2D eigenvalue weighted by atomic mass is 16.3. The predicted molar refractivity (Wildman–Crippen MR) is 87.6 cm³/mol. The molecule has 124 valence electrons. The molecule has 0 aromatic rings. The summed E-state index contributed by atoms with van der Waals surface area (Å²) in [6.07, 6.45) is 9.60. The highest BCUT2D eigenvalue weighted by molar-refractivity contribution is 6.10. The number of fused-ring (bicyclic) bond motifs is 5. The summed E-state index contributed by atoms with van der Waals surface area (Å²) in [5.74, 6) is 1.22. The lowest BCUT2D eigenvalue weighted by Gasteiger charge is -2.57. The summed E-state index contributed by atoms with van der Waals surface area (Å²) in [6, 6.07) is 0. The van der Waals surface area contributed by atoms with Gasteiger partial charge < -0.3 is 5.11 Å². The molecular weight excluding hydrogens is 288 g/mol. The van der Waals surface area contributed by atoms with Crippen LogP contribution in [0.1, 0.15) is 52.9 Å². The average Bonchev–Trinajstić information content (AvgIpc) is 2.72. The van der Waals surface area contributed by atoms with Crippen molar-refractivity contribution in [2.45, 2.75) is 58.5 Å². The van der Waals surface area contributed by atoms with Crippen LogP contribution in [0.25, 0.3) is 0 Å². The van der Waals surface area contributed by atoms with Crippen molar-refractivity contribution in [3.8, 4) is 0 Å². The Balaban J connectivity index is 1.77. The third-order valence-electron chi connectivity index (χ3n) is 7.95. The lowest BCUT2D eigenvalue weighted by molar-refractivity contribution is -0.135. The van der Waals surface area contributed by atoms with Crippen LogP contribution in [0.5, 0.6) is 0 Å². The monoisotopic (exact) mass is 314 g/mol. The SMILES string of the molecule is C[C@]12C=CC(=O)C=C1C(=O)C[C@@H]1[C@@H]2CC[C@@]2(C)[C@H]1CC[C@]2(C)O. The Morgan fingerprint density at radius 3 is 2.52 bits per heavy atom. The van der Waals surface area contributed by atoms with Crippen molar-refractivity contribution in [1.82, 2.24) is 0 Å². The molecule has 0 aliphatic heterocycles. The fourth-order valence-corrected chi connectivity index (χ4v) is 6.28. The first kappa shape index (κ1) is 15.3. The number of hydrogen-bond acceptors (Lipinski definition) is 3. The summed E-state index contributed by atoms with van der Waals surface area (Å²) >= 11 is 0. The highest BCUT2D eigenvalue weighted by Gasteiger charge is 2.63. The Morgan fingerprint density at radius 2 is 1.78 bits per heavy atom. The second kappa shape index (κ2) is 4.44. The van der Waals surface area contributed by atoms with Gasteiger partial charge in [0.1, 0.15) is 0 Å². The molecule has 0 aromatic heterocycles. The van der Waals surface area contributed by atoms with Gasteiger partial charge >= 0.3 is 0 Å².